The molecule has 0 N–H and O–H groups in total. The van der Waals surface area contributed by atoms with Crippen molar-refractivity contribution in [2.75, 3.05) is 39.4 Å². The molecule has 1 aliphatic heterocycles. The van der Waals surface area contributed by atoms with Gasteiger partial charge in [0.25, 0.3) is 0 Å². The number of hydrogen-bond acceptors (Lipinski definition) is 3. The van der Waals surface area contributed by atoms with Crippen molar-refractivity contribution in [2.45, 2.75) is 25.8 Å². The Morgan fingerprint density at radius 3 is 2.47 bits per heavy atom. The van der Waals surface area contributed by atoms with Gasteiger partial charge in [0.15, 0.2) is 0 Å². The molecule has 86 valence electrons. The van der Waals surface area contributed by atoms with Crippen LogP contribution < -0.4 is 0 Å². The number of ether oxygens (including phenoxy) is 1. The molecule has 0 bridgehead atoms. The first-order valence-corrected chi connectivity index (χ1v) is 5.91. The second-order valence-corrected chi connectivity index (χ2v) is 4.29. The highest BCUT2D eigenvalue weighted by Gasteiger charge is 2.32. The number of rotatable bonds is 4. The van der Waals surface area contributed by atoms with Crippen molar-refractivity contribution in [3.8, 4) is 0 Å². The van der Waals surface area contributed by atoms with E-state index in [1.54, 1.807) is 0 Å². The summed E-state index contributed by atoms with van der Waals surface area (Å²) < 4.78 is 5.13. The van der Waals surface area contributed by atoms with Crippen LogP contribution in [0, 0.1) is 0 Å². The molecule has 0 spiro atoms. The average Bonchev–Trinajstić information content (AvgIpc) is 3.10. The molecule has 0 aromatic carbocycles. The maximum Gasteiger partial charge on any atom is 0.248 e. The van der Waals surface area contributed by atoms with Crippen LogP contribution in [0.3, 0.4) is 0 Å². The van der Waals surface area contributed by atoms with Crippen LogP contribution in [0.15, 0.2) is 0 Å². The molecule has 1 saturated heterocycles. The zero-order valence-electron chi connectivity index (χ0n) is 9.45. The van der Waals surface area contributed by atoms with Gasteiger partial charge in [-0.05, 0) is 19.8 Å². The Morgan fingerprint density at radius 1 is 1.27 bits per heavy atom. The topological polar surface area (TPSA) is 32.8 Å². The van der Waals surface area contributed by atoms with E-state index in [0.717, 1.165) is 32.2 Å². The first-order chi connectivity index (χ1) is 7.31. The lowest BCUT2D eigenvalue weighted by Gasteiger charge is -2.34. The van der Waals surface area contributed by atoms with Crippen LogP contribution in [0.4, 0.5) is 0 Å². The molecule has 2 rings (SSSR count). The van der Waals surface area contributed by atoms with Crippen molar-refractivity contribution in [1.29, 1.82) is 0 Å². The van der Waals surface area contributed by atoms with Crippen LogP contribution in [0.2, 0.25) is 0 Å². The van der Waals surface area contributed by atoms with Gasteiger partial charge >= 0.3 is 0 Å². The summed E-state index contributed by atoms with van der Waals surface area (Å²) in [6.45, 7) is 6.63. The molecule has 4 nitrogen and oxygen atoms in total. The van der Waals surface area contributed by atoms with Crippen LogP contribution in [0.1, 0.15) is 19.8 Å². The number of piperazine rings is 1. The Kier molecular flexibility index (Phi) is 3.59. The first kappa shape index (κ1) is 10.9. The van der Waals surface area contributed by atoms with Crippen LogP contribution in [0.5, 0.6) is 0 Å². The Balaban J connectivity index is 1.69. The molecule has 0 aromatic heterocycles. The zero-order valence-corrected chi connectivity index (χ0v) is 9.45. The largest absolute Gasteiger partial charge is 0.372 e. The number of carbonyl (C=O) groups is 1. The minimum Gasteiger partial charge on any atom is -0.372 e. The van der Waals surface area contributed by atoms with Gasteiger partial charge in [-0.2, -0.15) is 0 Å². The van der Waals surface area contributed by atoms with Gasteiger partial charge in [0.1, 0.15) is 6.61 Å². The van der Waals surface area contributed by atoms with E-state index in [4.69, 9.17) is 4.74 Å². The highest BCUT2D eigenvalue weighted by atomic mass is 16.5. The fourth-order valence-corrected chi connectivity index (χ4v) is 2.06. The molecule has 15 heavy (non-hydrogen) atoms. The van der Waals surface area contributed by atoms with Crippen molar-refractivity contribution in [3.63, 3.8) is 0 Å². The second-order valence-electron chi connectivity index (χ2n) is 4.29. The van der Waals surface area contributed by atoms with Crippen LogP contribution in [-0.2, 0) is 9.53 Å². The molecule has 0 unspecified atom stereocenters. The highest BCUT2D eigenvalue weighted by molar-refractivity contribution is 5.77. The fourth-order valence-electron chi connectivity index (χ4n) is 2.06. The lowest BCUT2D eigenvalue weighted by molar-refractivity contribution is -0.137. The van der Waals surface area contributed by atoms with Crippen molar-refractivity contribution in [3.05, 3.63) is 0 Å². The van der Waals surface area contributed by atoms with E-state index in [9.17, 15) is 4.79 Å². The lowest BCUT2D eigenvalue weighted by atomic mass is 10.3. The summed E-state index contributed by atoms with van der Waals surface area (Å²) in [5.41, 5.74) is 0. The van der Waals surface area contributed by atoms with Gasteiger partial charge in [0, 0.05) is 38.8 Å². The number of nitrogens with zero attached hydrogens (tertiary/aromatic N) is 2. The third kappa shape index (κ3) is 2.92. The van der Waals surface area contributed by atoms with Crippen molar-refractivity contribution < 1.29 is 9.53 Å². The fraction of sp³-hybridized carbons (Fsp3) is 0.909. The number of hydrogen-bond donors (Lipinski definition) is 0. The molecule has 1 heterocycles. The highest BCUT2D eigenvalue weighted by Crippen LogP contribution is 2.27. The second kappa shape index (κ2) is 4.94. The predicted octanol–water partition coefficient (Wildman–Crippen LogP) is 0.329. The van der Waals surface area contributed by atoms with Gasteiger partial charge < -0.3 is 9.64 Å². The van der Waals surface area contributed by atoms with E-state index in [-0.39, 0.29) is 12.5 Å². The Labute approximate surface area is 91.2 Å². The zero-order chi connectivity index (χ0) is 10.7. The lowest BCUT2D eigenvalue weighted by Crippen LogP contribution is -2.50. The van der Waals surface area contributed by atoms with Gasteiger partial charge in [-0.1, -0.05) is 0 Å². The molecule has 2 fully saturated rings. The van der Waals surface area contributed by atoms with E-state index >= 15 is 0 Å². The van der Waals surface area contributed by atoms with E-state index in [0.29, 0.717) is 6.61 Å². The van der Waals surface area contributed by atoms with Gasteiger partial charge in [-0.3, -0.25) is 9.69 Å². The van der Waals surface area contributed by atoms with Crippen molar-refractivity contribution >= 4 is 5.91 Å². The SMILES string of the molecule is CCOCC(=O)N1CCN(C2CC2)CC1. The average molecular weight is 212 g/mol. The molecular formula is C11H20N2O2. The number of carbonyl (C=O) groups excluding carboxylic acids is 1. The summed E-state index contributed by atoms with van der Waals surface area (Å²) in [6, 6.07) is 0.828. The third-order valence-corrected chi connectivity index (χ3v) is 3.16. The minimum absolute atomic E-state index is 0.146. The summed E-state index contributed by atoms with van der Waals surface area (Å²) in [6.07, 6.45) is 2.71. The van der Waals surface area contributed by atoms with E-state index in [2.05, 4.69) is 4.90 Å². The van der Waals surface area contributed by atoms with Crippen LogP contribution >= 0.6 is 0 Å². The minimum atomic E-state index is 0.146. The van der Waals surface area contributed by atoms with Crippen LogP contribution in [-0.4, -0.2) is 61.1 Å². The van der Waals surface area contributed by atoms with Gasteiger partial charge in [0.2, 0.25) is 5.91 Å². The van der Waals surface area contributed by atoms with E-state index in [1.807, 2.05) is 11.8 Å². The summed E-state index contributed by atoms with van der Waals surface area (Å²) in [4.78, 5) is 16.1. The molecule has 1 saturated carbocycles. The summed E-state index contributed by atoms with van der Waals surface area (Å²) >= 11 is 0. The molecule has 0 atom stereocenters. The first-order valence-electron chi connectivity index (χ1n) is 5.91. The quantitative estimate of drug-likeness (QED) is 0.673. The van der Waals surface area contributed by atoms with E-state index < -0.39 is 0 Å². The van der Waals surface area contributed by atoms with Crippen molar-refractivity contribution in [1.82, 2.24) is 9.80 Å². The molecule has 1 amide bonds. The van der Waals surface area contributed by atoms with E-state index in [1.165, 1.54) is 12.8 Å². The Hall–Kier alpha value is -0.610. The smallest absolute Gasteiger partial charge is 0.248 e. The van der Waals surface area contributed by atoms with Crippen LogP contribution in [0.25, 0.3) is 0 Å². The summed E-state index contributed by atoms with van der Waals surface area (Å²) in [5.74, 6) is 0.146. The maximum absolute atomic E-state index is 11.6. The van der Waals surface area contributed by atoms with Gasteiger partial charge in [-0.15, -0.1) is 0 Å². The van der Waals surface area contributed by atoms with Crippen molar-refractivity contribution in [2.24, 2.45) is 0 Å². The Morgan fingerprint density at radius 2 is 1.93 bits per heavy atom. The molecule has 4 heteroatoms. The van der Waals surface area contributed by atoms with Gasteiger partial charge in [-0.25, -0.2) is 0 Å². The third-order valence-electron chi connectivity index (χ3n) is 3.16. The summed E-state index contributed by atoms with van der Waals surface area (Å²) in [7, 11) is 0. The summed E-state index contributed by atoms with van der Waals surface area (Å²) in [5, 5.41) is 0. The predicted molar refractivity (Wildman–Crippen MR) is 57.7 cm³/mol. The Bertz CT molecular complexity index is 221. The molecule has 1 aliphatic carbocycles. The van der Waals surface area contributed by atoms with Gasteiger partial charge in [0.05, 0.1) is 0 Å². The standard InChI is InChI=1S/C11H20N2O2/c1-2-15-9-11(14)13-7-5-12(6-8-13)10-3-4-10/h10H,2-9H2,1H3. The molecule has 2 aliphatic rings. The normalized spacial score (nSPS) is 23.1. The number of amides is 1. The molecule has 0 aromatic rings. The maximum atomic E-state index is 11.6. The monoisotopic (exact) mass is 212 g/mol. The molecular weight excluding hydrogens is 192 g/mol. The molecule has 0 radical (unpaired) electrons.